The number of hydrogen-bond donors (Lipinski definition) is 1. The topological polar surface area (TPSA) is 29.1 Å². The molecule has 84 valence electrons. The van der Waals surface area contributed by atoms with Crippen molar-refractivity contribution in [2.75, 3.05) is 6.54 Å². The molecule has 1 N–H and O–H groups in total. The van der Waals surface area contributed by atoms with Gasteiger partial charge in [-0.1, -0.05) is 34.6 Å². The van der Waals surface area contributed by atoms with Crippen LogP contribution in [0, 0.1) is 17.8 Å². The molecular weight excluding hydrogens is 174 g/mol. The molecule has 0 fully saturated rings. The minimum atomic E-state index is 0.154. The van der Waals surface area contributed by atoms with Gasteiger partial charge in [-0.15, -0.1) is 0 Å². The minimum absolute atomic E-state index is 0.154. The maximum atomic E-state index is 11.5. The van der Waals surface area contributed by atoms with E-state index in [1.807, 2.05) is 13.8 Å². The van der Waals surface area contributed by atoms with Gasteiger partial charge in [0.05, 0.1) is 0 Å². The van der Waals surface area contributed by atoms with Gasteiger partial charge in [0.1, 0.15) is 0 Å². The van der Waals surface area contributed by atoms with Crippen LogP contribution in [-0.4, -0.2) is 12.5 Å². The van der Waals surface area contributed by atoms with Crippen molar-refractivity contribution in [3.8, 4) is 0 Å². The summed E-state index contributed by atoms with van der Waals surface area (Å²) in [4.78, 5) is 11.5. The van der Waals surface area contributed by atoms with Crippen LogP contribution >= 0.6 is 0 Å². The van der Waals surface area contributed by atoms with Crippen LogP contribution in [0.4, 0.5) is 0 Å². The molecule has 0 aromatic rings. The number of amides is 1. The van der Waals surface area contributed by atoms with Crippen molar-refractivity contribution >= 4 is 5.91 Å². The monoisotopic (exact) mass is 199 g/mol. The normalized spacial score (nSPS) is 15.3. The molecule has 0 saturated heterocycles. The Labute approximate surface area is 88.5 Å². The van der Waals surface area contributed by atoms with Gasteiger partial charge in [0.15, 0.2) is 0 Å². The lowest BCUT2D eigenvalue weighted by atomic mass is 9.98. The van der Waals surface area contributed by atoms with E-state index in [9.17, 15) is 4.79 Å². The van der Waals surface area contributed by atoms with Gasteiger partial charge in [-0.25, -0.2) is 0 Å². The fourth-order valence-corrected chi connectivity index (χ4v) is 1.52. The van der Waals surface area contributed by atoms with Gasteiger partial charge >= 0.3 is 0 Å². The van der Waals surface area contributed by atoms with E-state index in [4.69, 9.17) is 0 Å². The van der Waals surface area contributed by atoms with Gasteiger partial charge in [-0.2, -0.15) is 0 Å². The Kier molecular flexibility index (Phi) is 6.60. The zero-order valence-corrected chi connectivity index (χ0v) is 10.3. The molecule has 0 rings (SSSR count). The van der Waals surface area contributed by atoms with Crippen molar-refractivity contribution in [1.29, 1.82) is 0 Å². The third kappa shape index (κ3) is 6.01. The molecule has 14 heavy (non-hydrogen) atoms. The Bertz CT molecular complexity index is 166. The summed E-state index contributed by atoms with van der Waals surface area (Å²) in [5.74, 6) is 1.65. The van der Waals surface area contributed by atoms with Crippen LogP contribution in [0.3, 0.4) is 0 Å². The molecule has 0 aromatic carbocycles. The number of rotatable bonds is 6. The lowest BCUT2D eigenvalue weighted by molar-refractivity contribution is -0.124. The SMILES string of the molecule is CCC(C)C(=O)NCC(C)CC(C)C. The molecule has 0 spiro atoms. The van der Waals surface area contributed by atoms with Gasteiger partial charge in [0, 0.05) is 12.5 Å². The summed E-state index contributed by atoms with van der Waals surface area (Å²) in [6.07, 6.45) is 2.10. The quantitative estimate of drug-likeness (QED) is 0.700. The smallest absolute Gasteiger partial charge is 0.222 e. The average Bonchev–Trinajstić information content (AvgIpc) is 2.11. The zero-order chi connectivity index (χ0) is 11.1. The molecule has 2 nitrogen and oxygen atoms in total. The van der Waals surface area contributed by atoms with Crippen molar-refractivity contribution in [1.82, 2.24) is 5.32 Å². The summed E-state index contributed by atoms with van der Waals surface area (Å²) in [5, 5.41) is 3.00. The average molecular weight is 199 g/mol. The Morgan fingerprint density at radius 2 is 1.79 bits per heavy atom. The van der Waals surface area contributed by atoms with Gasteiger partial charge in [-0.05, 0) is 24.7 Å². The lowest BCUT2D eigenvalue weighted by Crippen LogP contribution is -2.32. The maximum Gasteiger partial charge on any atom is 0.222 e. The molecule has 0 aromatic heterocycles. The molecule has 2 atom stereocenters. The summed E-state index contributed by atoms with van der Waals surface area (Å²) in [6, 6.07) is 0. The number of hydrogen-bond acceptors (Lipinski definition) is 1. The molecule has 2 heteroatoms. The Morgan fingerprint density at radius 3 is 2.21 bits per heavy atom. The summed E-state index contributed by atoms with van der Waals surface area (Å²) in [5.41, 5.74) is 0. The van der Waals surface area contributed by atoms with Crippen molar-refractivity contribution in [2.24, 2.45) is 17.8 Å². The second kappa shape index (κ2) is 6.86. The summed E-state index contributed by atoms with van der Waals surface area (Å²) in [6.45, 7) is 11.5. The third-order valence-corrected chi connectivity index (χ3v) is 2.56. The highest BCUT2D eigenvalue weighted by molar-refractivity contribution is 5.78. The first kappa shape index (κ1) is 13.5. The van der Waals surface area contributed by atoms with Crippen LogP contribution in [0.2, 0.25) is 0 Å². The predicted molar refractivity (Wildman–Crippen MR) is 61.1 cm³/mol. The molecule has 0 aliphatic rings. The predicted octanol–water partition coefficient (Wildman–Crippen LogP) is 2.83. The maximum absolute atomic E-state index is 11.5. The summed E-state index contributed by atoms with van der Waals surface area (Å²) in [7, 11) is 0. The van der Waals surface area contributed by atoms with E-state index in [0.717, 1.165) is 13.0 Å². The Hall–Kier alpha value is -0.530. The van der Waals surface area contributed by atoms with Crippen molar-refractivity contribution in [2.45, 2.75) is 47.5 Å². The molecule has 1 amide bonds. The first-order valence-corrected chi connectivity index (χ1v) is 5.75. The second-order valence-electron chi connectivity index (χ2n) is 4.79. The van der Waals surface area contributed by atoms with E-state index in [1.54, 1.807) is 0 Å². The molecule has 0 radical (unpaired) electrons. The zero-order valence-electron chi connectivity index (χ0n) is 10.3. The van der Waals surface area contributed by atoms with Crippen LogP contribution < -0.4 is 5.32 Å². The number of carbonyl (C=O) groups excluding carboxylic acids is 1. The lowest BCUT2D eigenvalue weighted by Gasteiger charge is -2.16. The standard InChI is InChI=1S/C12H25NO/c1-6-11(5)12(14)13-8-10(4)7-9(2)3/h9-11H,6-8H2,1-5H3,(H,13,14). The first-order chi connectivity index (χ1) is 6.47. The molecule has 2 unspecified atom stereocenters. The van der Waals surface area contributed by atoms with E-state index in [1.165, 1.54) is 6.42 Å². The summed E-state index contributed by atoms with van der Waals surface area (Å²) >= 11 is 0. The first-order valence-electron chi connectivity index (χ1n) is 5.75. The van der Waals surface area contributed by atoms with Crippen LogP contribution in [0.1, 0.15) is 47.5 Å². The third-order valence-electron chi connectivity index (χ3n) is 2.56. The Balaban J connectivity index is 3.66. The number of nitrogens with one attached hydrogen (secondary N) is 1. The molecule has 0 saturated carbocycles. The van der Waals surface area contributed by atoms with E-state index >= 15 is 0 Å². The van der Waals surface area contributed by atoms with Crippen molar-refractivity contribution < 1.29 is 4.79 Å². The van der Waals surface area contributed by atoms with Crippen molar-refractivity contribution in [3.63, 3.8) is 0 Å². The van der Waals surface area contributed by atoms with Crippen LogP contribution in [-0.2, 0) is 4.79 Å². The van der Waals surface area contributed by atoms with E-state index in [2.05, 4.69) is 26.1 Å². The molecule has 0 bridgehead atoms. The summed E-state index contributed by atoms with van der Waals surface area (Å²) < 4.78 is 0. The van der Waals surface area contributed by atoms with Crippen LogP contribution in [0.5, 0.6) is 0 Å². The highest BCUT2D eigenvalue weighted by Gasteiger charge is 2.11. The molecule has 0 aliphatic carbocycles. The van der Waals surface area contributed by atoms with Gasteiger partial charge in [0.25, 0.3) is 0 Å². The van der Waals surface area contributed by atoms with Crippen molar-refractivity contribution in [3.05, 3.63) is 0 Å². The molecule has 0 aliphatic heterocycles. The number of carbonyl (C=O) groups is 1. The molecule has 0 heterocycles. The highest BCUT2D eigenvalue weighted by Crippen LogP contribution is 2.10. The fourth-order valence-electron chi connectivity index (χ4n) is 1.52. The second-order valence-corrected chi connectivity index (χ2v) is 4.79. The van der Waals surface area contributed by atoms with E-state index in [0.29, 0.717) is 11.8 Å². The van der Waals surface area contributed by atoms with Crippen LogP contribution in [0.25, 0.3) is 0 Å². The minimum Gasteiger partial charge on any atom is -0.356 e. The highest BCUT2D eigenvalue weighted by atomic mass is 16.1. The van der Waals surface area contributed by atoms with Gasteiger partial charge in [-0.3, -0.25) is 4.79 Å². The van der Waals surface area contributed by atoms with Gasteiger partial charge in [0.2, 0.25) is 5.91 Å². The van der Waals surface area contributed by atoms with Gasteiger partial charge < -0.3 is 5.32 Å². The van der Waals surface area contributed by atoms with Crippen LogP contribution in [0.15, 0.2) is 0 Å². The molecular formula is C12H25NO. The fraction of sp³-hybridized carbons (Fsp3) is 0.917. The van der Waals surface area contributed by atoms with E-state index in [-0.39, 0.29) is 11.8 Å². The Morgan fingerprint density at radius 1 is 1.21 bits per heavy atom. The largest absolute Gasteiger partial charge is 0.356 e. The van der Waals surface area contributed by atoms with E-state index < -0.39 is 0 Å².